The molecule has 156 valence electrons. The number of amides is 1. The van der Waals surface area contributed by atoms with Crippen LogP contribution in [0.25, 0.3) is 6.08 Å². The van der Waals surface area contributed by atoms with E-state index >= 15 is 0 Å². The van der Waals surface area contributed by atoms with Crippen LogP contribution in [0.4, 0.5) is 5.69 Å². The number of ether oxygens (including phenoxy) is 2. The molecule has 0 aliphatic heterocycles. The topological polar surface area (TPSA) is 115 Å². The average Bonchev–Trinajstić information content (AvgIpc) is 3.09. The van der Waals surface area contributed by atoms with Crippen molar-refractivity contribution in [3.05, 3.63) is 46.8 Å². The Bertz CT molecular complexity index is 1030. The number of rotatable bonds is 8. The fraction of sp³-hybridized carbons (Fsp3) is 0.222. The number of benzene rings is 1. The number of anilines is 1. The SMILES string of the molecule is COc1ccc(S(=O)(=O)N(C)C)cc1NC(=O)COC(=O)/C=C/c1ccc(Br)o1. The van der Waals surface area contributed by atoms with Crippen molar-refractivity contribution in [1.82, 2.24) is 4.31 Å². The lowest BCUT2D eigenvalue weighted by atomic mass is 10.3. The van der Waals surface area contributed by atoms with Crippen molar-refractivity contribution in [3.63, 3.8) is 0 Å². The van der Waals surface area contributed by atoms with Gasteiger partial charge in [-0.2, -0.15) is 0 Å². The molecule has 0 aliphatic carbocycles. The number of hydrogen-bond acceptors (Lipinski definition) is 7. The van der Waals surface area contributed by atoms with Gasteiger partial charge >= 0.3 is 5.97 Å². The van der Waals surface area contributed by atoms with E-state index < -0.39 is 28.5 Å². The zero-order valence-corrected chi connectivity index (χ0v) is 18.2. The van der Waals surface area contributed by atoms with E-state index in [1.807, 2.05) is 0 Å². The number of sulfonamides is 1. The van der Waals surface area contributed by atoms with Gasteiger partial charge in [-0.1, -0.05) is 0 Å². The molecule has 0 fully saturated rings. The van der Waals surface area contributed by atoms with E-state index in [0.717, 1.165) is 10.4 Å². The van der Waals surface area contributed by atoms with Gasteiger partial charge in [0, 0.05) is 20.2 Å². The summed E-state index contributed by atoms with van der Waals surface area (Å²) in [6.45, 7) is -0.571. The highest BCUT2D eigenvalue weighted by molar-refractivity contribution is 9.10. The number of furan rings is 1. The number of halogens is 1. The minimum absolute atomic E-state index is 0.0249. The Kier molecular flexibility index (Phi) is 7.59. The fourth-order valence-electron chi connectivity index (χ4n) is 2.10. The zero-order chi connectivity index (χ0) is 21.6. The summed E-state index contributed by atoms with van der Waals surface area (Å²) >= 11 is 3.14. The highest BCUT2D eigenvalue weighted by atomic mass is 79.9. The zero-order valence-electron chi connectivity index (χ0n) is 15.8. The van der Waals surface area contributed by atoms with Crippen molar-refractivity contribution in [2.75, 3.05) is 33.1 Å². The summed E-state index contributed by atoms with van der Waals surface area (Å²) in [7, 11) is 0.470. The molecule has 0 spiro atoms. The number of methoxy groups -OCH3 is 1. The number of hydrogen-bond donors (Lipinski definition) is 1. The van der Waals surface area contributed by atoms with Gasteiger partial charge in [-0.25, -0.2) is 17.5 Å². The molecular formula is C18H19BrN2O7S. The van der Waals surface area contributed by atoms with Gasteiger partial charge in [0.25, 0.3) is 5.91 Å². The van der Waals surface area contributed by atoms with Crippen molar-refractivity contribution >= 4 is 49.6 Å². The molecule has 9 nitrogen and oxygen atoms in total. The Labute approximate surface area is 176 Å². The Morgan fingerprint density at radius 3 is 2.55 bits per heavy atom. The number of nitrogens with zero attached hydrogens (tertiary/aromatic N) is 1. The molecule has 0 saturated heterocycles. The first-order valence-corrected chi connectivity index (χ1v) is 10.4. The fourth-order valence-corrected chi connectivity index (χ4v) is 3.34. The summed E-state index contributed by atoms with van der Waals surface area (Å²) in [6.07, 6.45) is 2.51. The maximum atomic E-state index is 12.3. The maximum absolute atomic E-state index is 12.3. The van der Waals surface area contributed by atoms with Gasteiger partial charge in [0.2, 0.25) is 10.0 Å². The highest BCUT2D eigenvalue weighted by Gasteiger charge is 2.20. The molecule has 11 heteroatoms. The Morgan fingerprint density at radius 1 is 1.24 bits per heavy atom. The summed E-state index contributed by atoms with van der Waals surface area (Å²) in [4.78, 5) is 23.8. The molecule has 1 N–H and O–H groups in total. The van der Waals surface area contributed by atoms with E-state index in [1.54, 1.807) is 12.1 Å². The molecule has 1 aromatic heterocycles. The standard InChI is InChI=1S/C18H19BrN2O7S/c1-21(2)29(24,25)13-6-7-15(26-3)14(10-13)20-17(22)11-27-18(23)9-5-12-4-8-16(19)28-12/h4-10H,11H2,1-3H3,(H,20,22)/b9-5+. The first-order chi connectivity index (χ1) is 13.6. The molecule has 0 unspecified atom stereocenters. The highest BCUT2D eigenvalue weighted by Crippen LogP contribution is 2.28. The second-order valence-corrected chi connectivity index (χ2v) is 8.71. The monoisotopic (exact) mass is 486 g/mol. The van der Waals surface area contributed by atoms with Crippen LogP contribution in [0.2, 0.25) is 0 Å². The molecule has 2 rings (SSSR count). The molecular weight excluding hydrogens is 468 g/mol. The molecule has 0 radical (unpaired) electrons. The molecule has 0 aliphatic rings. The van der Waals surface area contributed by atoms with Crippen molar-refractivity contribution < 1.29 is 31.9 Å². The Hall–Kier alpha value is -2.63. The van der Waals surface area contributed by atoms with Crippen molar-refractivity contribution in [1.29, 1.82) is 0 Å². The third-order valence-corrected chi connectivity index (χ3v) is 5.78. The first kappa shape index (κ1) is 22.7. The van der Waals surface area contributed by atoms with E-state index in [0.29, 0.717) is 10.4 Å². The van der Waals surface area contributed by atoms with Crippen molar-refractivity contribution in [2.24, 2.45) is 0 Å². The van der Waals surface area contributed by atoms with Gasteiger partial charge < -0.3 is 19.2 Å². The summed E-state index contributed by atoms with van der Waals surface area (Å²) in [6, 6.07) is 7.35. The first-order valence-electron chi connectivity index (χ1n) is 8.14. The third-order valence-electron chi connectivity index (χ3n) is 3.55. The smallest absolute Gasteiger partial charge is 0.331 e. The largest absolute Gasteiger partial charge is 0.495 e. The van der Waals surface area contributed by atoms with E-state index in [2.05, 4.69) is 21.2 Å². The molecule has 1 amide bonds. The van der Waals surface area contributed by atoms with E-state index in [1.165, 1.54) is 45.5 Å². The number of nitrogens with one attached hydrogen (secondary N) is 1. The predicted octanol–water partition coefficient (Wildman–Crippen LogP) is 2.50. The molecule has 1 heterocycles. The lowest BCUT2D eigenvalue weighted by Crippen LogP contribution is -2.23. The summed E-state index contributed by atoms with van der Waals surface area (Å²) in [5, 5.41) is 2.47. The second kappa shape index (κ2) is 9.72. The third kappa shape index (κ3) is 6.17. The van der Waals surface area contributed by atoms with E-state index in [4.69, 9.17) is 13.9 Å². The number of carbonyl (C=O) groups is 2. The summed E-state index contributed by atoms with van der Waals surface area (Å²) < 4.78 is 41.3. The minimum Gasteiger partial charge on any atom is -0.495 e. The van der Waals surface area contributed by atoms with Gasteiger partial charge in [0.05, 0.1) is 17.7 Å². The quantitative estimate of drug-likeness (QED) is 0.450. The molecule has 29 heavy (non-hydrogen) atoms. The molecule has 2 aromatic rings. The van der Waals surface area contributed by atoms with Crippen LogP contribution in [0.5, 0.6) is 5.75 Å². The van der Waals surface area contributed by atoms with E-state index in [-0.39, 0.29) is 16.3 Å². The van der Waals surface area contributed by atoms with Crippen LogP contribution >= 0.6 is 15.9 Å². The lowest BCUT2D eigenvalue weighted by molar-refractivity contribution is -0.142. The van der Waals surface area contributed by atoms with Crippen LogP contribution < -0.4 is 10.1 Å². The van der Waals surface area contributed by atoms with Gasteiger partial charge in [0.1, 0.15) is 11.5 Å². The molecule has 1 aromatic carbocycles. The predicted molar refractivity (Wildman–Crippen MR) is 109 cm³/mol. The number of esters is 1. The maximum Gasteiger partial charge on any atom is 0.331 e. The van der Waals surface area contributed by atoms with Gasteiger partial charge in [0.15, 0.2) is 11.3 Å². The summed E-state index contributed by atoms with van der Waals surface area (Å²) in [5.74, 6) is -0.721. The van der Waals surface area contributed by atoms with Crippen LogP contribution in [-0.2, 0) is 24.3 Å². The normalized spacial score (nSPS) is 11.6. The lowest BCUT2D eigenvalue weighted by Gasteiger charge is -2.15. The van der Waals surface area contributed by atoms with E-state index in [9.17, 15) is 18.0 Å². The Morgan fingerprint density at radius 2 is 1.97 bits per heavy atom. The summed E-state index contributed by atoms with van der Waals surface area (Å²) in [5.41, 5.74) is 0.132. The second-order valence-electron chi connectivity index (χ2n) is 5.78. The van der Waals surface area contributed by atoms with Crippen LogP contribution in [0.15, 0.2) is 50.4 Å². The van der Waals surface area contributed by atoms with Crippen LogP contribution in [0.3, 0.4) is 0 Å². The van der Waals surface area contributed by atoms with Gasteiger partial charge in [-0.3, -0.25) is 4.79 Å². The van der Waals surface area contributed by atoms with Crippen molar-refractivity contribution in [2.45, 2.75) is 4.90 Å². The molecule has 0 saturated carbocycles. The van der Waals surface area contributed by atoms with Crippen LogP contribution in [-0.4, -0.2) is 52.4 Å². The Balaban J connectivity index is 2.02. The minimum atomic E-state index is -3.70. The average molecular weight is 487 g/mol. The van der Waals surface area contributed by atoms with Gasteiger partial charge in [-0.05, 0) is 52.3 Å². The number of carbonyl (C=O) groups excluding carboxylic acids is 2. The van der Waals surface area contributed by atoms with Crippen LogP contribution in [0, 0.1) is 0 Å². The van der Waals surface area contributed by atoms with Crippen molar-refractivity contribution in [3.8, 4) is 5.75 Å². The van der Waals surface area contributed by atoms with Gasteiger partial charge in [-0.15, -0.1) is 0 Å². The molecule has 0 atom stereocenters. The molecule has 0 bridgehead atoms. The van der Waals surface area contributed by atoms with Crippen LogP contribution in [0.1, 0.15) is 5.76 Å².